The molecule has 0 aliphatic heterocycles. The minimum atomic E-state index is 0. The molecule has 0 N–H and O–H groups in total. The van der Waals surface area contributed by atoms with Crippen LogP contribution >= 0.6 is 0 Å². The van der Waals surface area contributed by atoms with Gasteiger partial charge >= 0.3 is 39.7 Å². The first-order chi connectivity index (χ1) is 4.89. The fourth-order valence-corrected chi connectivity index (χ4v) is 0.281. The van der Waals surface area contributed by atoms with Crippen LogP contribution in [0.2, 0.25) is 0 Å². The molecule has 1 radical (unpaired) electrons. The molecular formula is C8H3FeO2. The molecule has 1 aromatic carbocycles. The first-order valence-electron chi connectivity index (χ1n) is 2.16. The third-order valence-corrected chi connectivity index (χ3v) is 0.562. The van der Waals surface area contributed by atoms with Crippen molar-refractivity contribution in [3.63, 3.8) is 0 Å². The molecule has 0 spiro atoms. The van der Waals surface area contributed by atoms with Crippen LogP contribution in [0.3, 0.4) is 0 Å². The quantitative estimate of drug-likeness (QED) is 0.328. The Balaban J connectivity index is -0.000000114. The second-order valence-electron chi connectivity index (χ2n) is 1.12. The van der Waals surface area contributed by atoms with Crippen LogP contribution in [-0.4, -0.2) is 0 Å². The summed E-state index contributed by atoms with van der Waals surface area (Å²) in [4.78, 5) is 0. The first-order valence-corrected chi connectivity index (χ1v) is 2.16. The van der Waals surface area contributed by atoms with E-state index < -0.39 is 0 Å². The number of rotatable bonds is 0. The topological polar surface area (TPSA) is 39.8 Å². The second-order valence-corrected chi connectivity index (χ2v) is 1.12. The summed E-state index contributed by atoms with van der Waals surface area (Å²) >= 11 is 0. The molecule has 0 fully saturated rings. The van der Waals surface area contributed by atoms with Crippen LogP contribution in [0.4, 0.5) is 0 Å². The molecule has 1 aromatic rings. The summed E-state index contributed by atoms with van der Waals surface area (Å²) in [6.07, 6.45) is 0. The van der Waals surface area contributed by atoms with Crippen molar-refractivity contribution < 1.29 is 26.4 Å². The molecule has 0 amide bonds. The maximum Gasteiger partial charge on any atom is 5.00 e. The van der Waals surface area contributed by atoms with Crippen LogP contribution in [-0.2, 0) is 26.4 Å². The number of hydrogen-bond acceptors (Lipinski definition) is 0. The molecule has 0 saturated carbocycles. The van der Waals surface area contributed by atoms with E-state index in [1.807, 2.05) is 6.92 Å². The van der Waals surface area contributed by atoms with Gasteiger partial charge in [-0.1, -0.05) is 0 Å². The van der Waals surface area contributed by atoms with Crippen LogP contribution in [0, 0.1) is 44.5 Å². The zero-order valence-corrected chi connectivity index (χ0v) is 6.77. The van der Waals surface area contributed by atoms with Crippen molar-refractivity contribution in [3.8, 4) is 0 Å². The summed E-state index contributed by atoms with van der Waals surface area (Å²) in [6, 6.07) is 10.8. The average Bonchev–Trinajstić information content (AvgIpc) is 2.48. The molecular weight excluding hydrogens is 184 g/mol. The fourth-order valence-electron chi connectivity index (χ4n) is 0.281. The van der Waals surface area contributed by atoms with Crippen LogP contribution in [0.1, 0.15) is 5.56 Å². The van der Waals surface area contributed by atoms with Gasteiger partial charge in [0, 0.05) is 0 Å². The molecule has 0 bridgehead atoms. The van der Waals surface area contributed by atoms with Crippen molar-refractivity contribution in [1.82, 2.24) is 0 Å². The van der Waals surface area contributed by atoms with E-state index in [0.717, 1.165) is 5.56 Å². The Hall–Kier alpha value is -0.651. The largest absolute Gasteiger partial charge is 5.00 e. The third kappa shape index (κ3) is 12.5. The van der Waals surface area contributed by atoms with Crippen LogP contribution < -0.4 is 0 Å². The standard InChI is InChI=1S/C6H3.2CO.Fe/c1-6-4-2-3-5-6;2*1-2;/h1H3;;;/q-5;;;+5. The molecule has 0 aromatic heterocycles. The fraction of sp³-hybridized carbons (Fsp3) is 0.125. The molecule has 3 heteroatoms. The van der Waals surface area contributed by atoms with Gasteiger partial charge in [0.05, 0.1) is 0 Å². The summed E-state index contributed by atoms with van der Waals surface area (Å²) in [5, 5.41) is 0. The van der Waals surface area contributed by atoms with E-state index in [1.165, 1.54) is 0 Å². The van der Waals surface area contributed by atoms with E-state index in [2.05, 4.69) is 37.6 Å². The van der Waals surface area contributed by atoms with E-state index in [-0.39, 0.29) is 17.1 Å². The van der Waals surface area contributed by atoms with Gasteiger partial charge in [0.2, 0.25) is 0 Å². The van der Waals surface area contributed by atoms with Gasteiger partial charge < -0.3 is 29.8 Å². The normalized spacial score (nSPS) is 5.18. The van der Waals surface area contributed by atoms with Gasteiger partial charge in [-0.3, -0.25) is 0 Å². The first kappa shape index (κ1) is 16.7. The molecule has 11 heavy (non-hydrogen) atoms. The van der Waals surface area contributed by atoms with Crippen molar-refractivity contribution in [2.24, 2.45) is 0 Å². The van der Waals surface area contributed by atoms with Crippen molar-refractivity contribution in [1.29, 1.82) is 0 Å². The molecule has 0 unspecified atom stereocenters. The van der Waals surface area contributed by atoms with E-state index in [9.17, 15) is 0 Å². The smallest absolute Gasteiger partial charge is 5.00 e. The van der Waals surface area contributed by atoms with Crippen LogP contribution in [0.5, 0.6) is 0 Å². The zero-order valence-electron chi connectivity index (χ0n) is 5.67. The number of hydrogen-bond donors (Lipinski definition) is 0. The van der Waals surface area contributed by atoms with E-state index >= 15 is 0 Å². The monoisotopic (exact) mass is 187 g/mol. The Kier molecular flexibility index (Phi) is 24.6. The van der Waals surface area contributed by atoms with Crippen molar-refractivity contribution in [2.75, 3.05) is 0 Å². The molecule has 0 aliphatic carbocycles. The van der Waals surface area contributed by atoms with Crippen molar-refractivity contribution >= 4 is 0 Å². The summed E-state index contributed by atoms with van der Waals surface area (Å²) in [6.45, 7) is 10.9. The predicted molar refractivity (Wildman–Crippen MR) is 30.0 cm³/mol. The third-order valence-electron chi connectivity index (χ3n) is 0.562. The van der Waals surface area contributed by atoms with Gasteiger partial charge in [0.15, 0.2) is 0 Å². The molecule has 0 atom stereocenters. The molecule has 0 aliphatic rings. The summed E-state index contributed by atoms with van der Waals surface area (Å²) in [5.74, 6) is 0. The second kappa shape index (κ2) is 16.2. The van der Waals surface area contributed by atoms with Gasteiger partial charge in [-0.25, -0.2) is 6.92 Å². The minimum Gasteiger partial charge on any atom is 5.00 e. The summed E-state index contributed by atoms with van der Waals surface area (Å²) in [5.41, 5.74) is 0.981. The number of aryl methyl sites for hydroxylation is 1. The van der Waals surface area contributed by atoms with Crippen LogP contribution in [0.25, 0.3) is 0 Å². The molecule has 0 saturated heterocycles. The van der Waals surface area contributed by atoms with Gasteiger partial charge in [0.25, 0.3) is 0 Å². The molecule has 2 nitrogen and oxygen atoms in total. The van der Waals surface area contributed by atoms with Gasteiger partial charge in [-0.2, -0.15) is 0 Å². The Morgan fingerprint density at radius 3 is 1.36 bits per heavy atom. The predicted octanol–water partition coefficient (Wildman–Crippen LogP) is 0.837. The minimum absolute atomic E-state index is 0. The maximum absolute atomic E-state index is 7.50. The molecule has 0 heterocycles. The Labute approximate surface area is 76.9 Å². The Morgan fingerprint density at radius 2 is 1.27 bits per heavy atom. The van der Waals surface area contributed by atoms with Crippen molar-refractivity contribution in [3.05, 3.63) is 43.1 Å². The SMILES string of the molecule is C[c-]1[c-][c-][c-][c-]1.[C-]#[O+].[C-]#[O+].[Fe+5]. The summed E-state index contributed by atoms with van der Waals surface area (Å²) in [7, 11) is 0. The van der Waals surface area contributed by atoms with E-state index in [0.29, 0.717) is 0 Å². The molecule has 1 rings (SSSR count). The van der Waals surface area contributed by atoms with E-state index in [4.69, 9.17) is 9.30 Å². The van der Waals surface area contributed by atoms with E-state index in [1.54, 1.807) is 0 Å². The maximum atomic E-state index is 7.50. The van der Waals surface area contributed by atoms with Gasteiger partial charge in [0.1, 0.15) is 0 Å². The Morgan fingerprint density at radius 1 is 1.00 bits per heavy atom. The van der Waals surface area contributed by atoms with Crippen LogP contribution in [0.15, 0.2) is 0 Å². The Bertz CT molecular complexity index is 168. The molecule has 55 valence electrons. The van der Waals surface area contributed by atoms with Gasteiger partial charge in [-0.15, -0.1) is 0 Å². The van der Waals surface area contributed by atoms with Gasteiger partial charge in [-0.05, 0) is 0 Å². The average molecular weight is 187 g/mol. The summed E-state index contributed by atoms with van der Waals surface area (Å²) < 4.78 is 15.0. The zero-order chi connectivity index (χ0) is 8.41. The van der Waals surface area contributed by atoms with Crippen molar-refractivity contribution in [2.45, 2.75) is 6.92 Å².